The summed E-state index contributed by atoms with van der Waals surface area (Å²) in [7, 11) is 0. The molecule has 0 amide bonds. The first-order chi connectivity index (χ1) is 11.8. The van der Waals surface area contributed by atoms with Gasteiger partial charge in [0.1, 0.15) is 0 Å². The first-order valence-corrected chi connectivity index (χ1v) is 8.45. The molecule has 0 aliphatic heterocycles. The van der Waals surface area contributed by atoms with Gasteiger partial charge in [0.05, 0.1) is 24.0 Å². The van der Waals surface area contributed by atoms with E-state index in [9.17, 15) is 9.59 Å². The van der Waals surface area contributed by atoms with Gasteiger partial charge in [0.2, 0.25) is 0 Å². The van der Waals surface area contributed by atoms with Gasteiger partial charge < -0.3 is 10.2 Å². The molecule has 2 saturated carbocycles. The second-order valence-corrected chi connectivity index (χ2v) is 8.25. The highest BCUT2D eigenvalue weighted by atomic mass is 16.4. The van der Waals surface area contributed by atoms with Crippen LogP contribution < -0.4 is 0 Å². The van der Waals surface area contributed by atoms with Gasteiger partial charge in [0.15, 0.2) is 0 Å². The third kappa shape index (κ3) is 4.32. The highest BCUT2D eigenvalue weighted by Gasteiger charge is 2.61. The number of aliphatic carboxylic acids is 2. The van der Waals surface area contributed by atoms with Crippen LogP contribution in [0.25, 0.3) is 0 Å². The Hall–Kier alpha value is -2.60. The number of hydrogen-bond donors (Lipinski definition) is 2. The van der Waals surface area contributed by atoms with Gasteiger partial charge in [-0.1, -0.05) is 39.8 Å². The van der Waals surface area contributed by atoms with Gasteiger partial charge in [0, 0.05) is 11.1 Å². The number of rotatable bonds is 4. The number of carbonyl (C=O) groups is 2. The molecule has 0 aromatic heterocycles. The third-order valence-electron chi connectivity index (χ3n) is 5.57. The third-order valence-corrected chi connectivity index (χ3v) is 5.57. The molecule has 2 aliphatic carbocycles. The van der Waals surface area contributed by atoms with E-state index >= 15 is 0 Å². The summed E-state index contributed by atoms with van der Waals surface area (Å²) in [5.41, 5.74) is 0.817. The van der Waals surface area contributed by atoms with Crippen molar-refractivity contribution < 1.29 is 19.8 Å². The summed E-state index contributed by atoms with van der Waals surface area (Å²) < 4.78 is 0. The Bertz CT molecular complexity index is 683. The minimum Gasteiger partial charge on any atom is -0.481 e. The maximum Gasteiger partial charge on any atom is 0.307 e. The van der Waals surface area contributed by atoms with Crippen LogP contribution in [0.2, 0.25) is 0 Å². The predicted octanol–water partition coefficient (Wildman–Crippen LogP) is 3.63. The molecule has 6 heteroatoms. The van der Waals surface area contributed by atoms with Crippen LogP contribution in [0.5, 0.6) is 0 Å². The average Bonchev–Trinajstić information content (AvgIpc) is 3.27. The SMILES string of the molecule is C/C(C#N)=C/[C@@H]1[C@@H](C(=O)O)C1(C)C.C/C(C#N)=C\[C@@H]1[C@@H](C(=O)O)C1(C)C. The first-order valence-electron chi connectivity index (χ1n) is 8.45. The van der Waals surface area contributed by atoms with Gasteiger partial charge in [-0.05, 0) is 36.5 Å². The highest BCUT2D eigenvalue weighted by molar-refractivity contribution is 5.76. The number of carboxylic acids is 2. The summed E-state index contributed by atoms with van der Waals surface area (Å²) >= 11 is 0. The van der Waals surface area contributed by atoms with Crippen molar-refractivity contribution in [1.29, 1.82) is 10.5 Å². The van der Waals surface area contributed by atoms with Crippen LogP contribution in [-0.2, 0) is 9.59 Å². The van der Waals surface area contributed by atoms with Gasteiger partial charge in [-0.25, -0.2) is 0 Å². The predicted molar refractivity (Wildman–Crippen MR) is 95.5 cm³/mol. The van der Waals surface area contributed by atoms with Gasteiger partial charge in [-0.15, -0.1) is 0 Å². The zero-order valence-electron chi connectivity index (χ0n) is 16.1. The van der Waals surface area contributed by atoms with Crippen molar-refractivity contribution in [3.05, 3.63) is 23.3 Å². The Morgan fingerprint density at radius 3 is 1.23 bits per heavy atom. The van der Waals surface area contributed by atoms with E-state index in [1.807, 2.05) is 39.8 Å². The lowest BCUT2D eigenvalue weighted by molar-refractivity contribution is -0.140. The number of carboxylic acid groups (broad SMARTS) is 2. The van der Waals surface area contributed by atoms with Crippen molar-refractivity contribution in [1.82, 2.24) is 0 Å². The fourth-order valence-electron chi connectivity index (χ4n) is 3.53. The van der Waals surface area contributed by atoms with E-state index in [1.165, 1.54) is 0 Å². The van der Waals surface area contributed by atoms with Crippen LogP contribution in [-0.4, -0.2) is 22.2 Å². The molecule has 2 aliphatic rings. The van der Waals surface area contributed by atoms with Gasteiger partial charge >= 0.3 is 11.9 Å². The van der Waals surface area contributed by atoms with Crippen LogP contribution in [0.3, 0.4) is 0 Å². The van der Waals surface area contributed by atoms with Crippen molar-refractivity contribution in [2.45, 2.75) is 41.5 Å². The van der Waals surface area contributed by atoms with Gasteiger partial charge in [-0.2, -0.15) is 10.5 Å². The zero-order valence-corrected chi connectivity index (χ0v) is 16.1. The maximum atomic E-state index is 10.7. The lowest BCUT2D eigenvalue weighted by Gasteiger charge is -1.96. The lowest BCUT2D eigenvalue weighted by Crippen LogP contribution is -2.03. The standard InChI is InChI=1S/2C10H13NO2/c2*1-6(5-11)4-7-8(9(12)13)10(7,2)3/h2*4,7-8H,1-3H3,(H,12,13)/b6-4+;6-4-/t2*7-,8+/m11/s1. The normalized spacial score (nSPS) is 30.8. The molecular weight excluding hydrogens is 332 g/mol. The van der Waals surface area contributed by atoms with Crippen LogP contribution >= 0.6 is 0 Å². The quantitative estimate of drug-likeness (QED) is 0.740. The summed E-state index contributed by atoms with van der Waals surface area (Å²) in [5.74, 6) is -2.14. The Morgan fingerprint density at radius 1 is 0.808 bits per heavy atom. The van der Waals surface area contributed by atoms with Gasteiger partial charge in [0.25, 0.3) is 0 Å². The molecule has 0 aromatic carbocycles. The van der Waals surface area contributed by atoms with Crippen molar-refractivity contribution in [2.24, 2.45) is 34.5 Å². The van der Waals surface area contributed by atoms with Crippen LogP contribution in [0.15, 0.2) is 23.3 Å². The largest absolute Gasteiger partial charge is 0.481 e. The molecule has 26 heavy (non-hydrogen) atoms. The van der Waals surface area contributed by atoms with E-state index in [0.717, 1.165) is 0 Å². The molecule has 0 saturated heterocycles. The summed E-state index contributed by atoms with van der Waals surface area (Å²) in [6.45, 7) is 11.1. The molecule has 0 heterocycles. The fraction of sp³-hybridized carbons (Fsp3) is 0.600. The molecule has 0 radical (unpaired) electrons. The van der Waals surface area contributed by atoms with Crippen molar-refractivity contribution >= 4 is 11.9 Å². The smallest absolute Gasteiger partial charge is 0.307 e. The molecule has 0 unspecified atom stereocenters. The maximum absolute atomic E-state index is 10.7. The number of allylic oxidation sites excluding steroid dienone is 4. The van der Waals surface area contributed by atoms with Crippen molar-refractivity contribution in [3.8, 4) is 12.1 Å². The molecule has 140 valence electrons. The highest BCUT2D eigenvalue weighted by Crippen LogP contribution is 2.60. The van der Waals surface area contributed by atoms with E-state index in [0.29, 0.717) is 11.1 Å². The molecule has 2 N–H and O–H groups in total. The second kappa shape index (κ2) is 7.33. The van der Waals surface area contributed by atoms with Crippen molar-refractivity contribution in [2.75, 3.05) is 0 Å². The topological polar surface area (TPSA) is 122 Å². The molecule has 4 atom stereocenters. The molecule has 0 aromatic rings. The monoisotopic (exact) mass is 358 g/mol. The van der Waals surface area contributed by atoms with E-state index < -0.39 is 11.9 Å². The van der Waals surface area contributed by atoms with Crippen LogP contribution in [0.1, 0.15) is 41.5 Å². The Labute approximate surface area is 154 Å². The Morgan fingerprint density at radius 2 is 1.08 bits per heavy atom. The molecule has 0 bridgehead atoms. The zero-order chi connectivity index (χ0) is 20.4. The summed E-state index contributed by atoms with van der Waals surface area (Å²) in [6.07, 6.45) is 3.53. The average molecular weight is 358 g/mol. The first kappa shape index (κ1) is 21.4. The van der Waals surface area contributed by atoms with Crippen LogP contribution in [0, 0.1) is 57.2 Å². The Kier molecular flexibility index (Phi) is 6.05. The molecule has 0 spiro atoms. The van der Waals surface area contributed by atoms with E-state index in [4.69, 9.17) is 20.7 Å². The van der Waals surface area contributed by atoms with Gasteiger partial charge in [-0.3, -0.25) is 9.59 Å². The molecular formula is C20H26N2O4. The minimum atomic E-state index is -0.767. The number of nitriles is 2. The van der Waals surface area contributed by atoms with E-state index in [-0.39, 0.29) is 34.5 Å². The van der Waals surface area contributed by atoms with Crippen LogP contribution in [0.4, 0.5) is 0 Å². The summed E-state index contributed by atoms with van der Waals surface area (Å²) in [4.78, 5) is 21.5. The fourth-order valence-corrected chi connectivity index (χ4v) is 3.53. The minimum absolute atomic E-state index is 0.0182. The van der Waals surface area contributed by atoms with E-state index in [2.05, 4.69) is 0 Å². The molecule has 2 rings (SSSR count). The summed E-state index contributed by atoms with van der Waals surface area (Å²) in [5, 5.41) is 34.7. The lowest BCUT2D eigenvalue weighted by atomic mass is 10.1. The number of hydrogen-bond acceptors (Lipinski definition) is 4. The molecule has 2 fully saturated rings. The number of nitrogens with zero attached hydrogens (tertiary/aromatic N) is 2. The van der Waals surface area contributed by atoms with Crippen molar-refractivity contribution in [3.63, 3.8) is 0 Å². The summed E-state index contributed by atoms with van der Waals surface area (Å²) in [6, 6.07) is 4.00. The van der Waals surface area contributed by atoms with E-state index in [1.54, 1.807) is 26.0 Å². The molecule has 6 nitrogen and oxygen atoms in total. The Balaban J connectivity index is 0.000000260. The second-order valence-electron chi connectivity index (χ2n) is 8.25.